The average Bonchev–Trinajstić information content (AvgIpc) is 2.37. The van der Waals surface area contributed by atoms with Gasteiger partial charge in [-0.1, -0.05) is 37.3 Å². The maximum Gasteiger partial charge on any atom is 0.220 e. The highest BCUT2D eigenvalue weighted by Gasteiger charge is 2.05. The van der Waals surface area contributed by atoms with Crippen LogP contribution in [0.4, 0.5) is 0 Å². The molecule has 0 aliphatic rings. The van der Waals surface area contributed by atoms with Crippen molar-refractivity contribution in [3.05, 3.63) is 35.9 Å². The van der Waals surface area contributed by atoms with Crippen molar-refractivity contribution in [1.82, 2.24) is 5.32 Å². The Morgan fingerprint density at radius 2 is 2.06 bits per heavy atom. The summed E-state index contributed by atoms with van der Waals surface area (Å²) in [6.45, 7) is 2.57. The van der Waals surface area contributed by atoms with Crippen molar-refractivity contribution >= 4 is 5.91 Å². The molecule has 3 heteroatoms. The zero-order valence-corrected chi connectivity index (χ0v) is 10.4. The largest absolute Gasteiger partial charge is 0.393 e. The lowest BCUT2D eigenvalue weighted by molar-refractivity contribution is -0.121. The van der Waals surface area contributed by atoms with Crippen LogP contribution in [0.5, 0.6) is 0 Å². The summed E-state index contributed by atoms with van der Waals surface area (Å²) in [5.41, 5.74) is 1.22. The molecule has 1 amide bonds. The molecule has 94 valence electrons. The Morgan fingerprint density at radius 3 is 2.71 bits per heavy atom. The van der Waals surface area contributed by atoms with Crippen LogP contribution in [0.15, 0.2) is 30.3 Å². The standard InChI is InChI=1S/C14H21NO2/c1-2-13(16)8-9-14(17)15-11-10-12-6-4-3-5-7-12/h3-7,13,16H,2,8-11H2,1H3,(H,15,17). The Labute approximate surface area is 103 Å². The molecule has 1 aromatic carbocycles. The van der Waals surface area contributed by atoms with Crippen molar-refractivity contribution in [3.8, 4) is 0 Å². The summed E-state index contributed by atoms with van der Waals surface area (Å²) in [7, 11) is 0. The number of hydrogen-bond acceptors (Lipinski definition) is 2. The summed E-state index contributed by atoms with van der Waals surface area (Å²) < 4.78 is 0. The molecule has 0 fully saturated rings. The second-order valence-corrected chi connectivity index (χ2v) is 4.19. The van der Waals surface area contributed by atoms with Crippen LogP contribution in [0.25, 0.3) is 0 Å². The highest BCUT2D eigenvalue weighted by Crippen LogP contribution is 2.01. The number of aliphatic hydroxyl groups is 1. The fraction of sp³-hybridized carbons (Fsp3) is 0.500. The Hall–Kier alpha value is -1.35. The van der Waals surface area contributed by atoms with Gasteiger partial charge in [0.05, 0.1) is 6.10 Å². The lowest BCUT2D eigenvalue weighted by Crippen LogP contribution is -2.26. The molecule has 0 aliphatic carbocycles. The molecule has 0 heterocycles. The topological polar surface area (TPSA) is 49.3 Å². The second kappa shape index (κ2) is 7.85. The number of amides is 1. The molecule has 0 saturated carbocycles. The molecule has 2 N–H and O–H groups in total. The van der Waals surface area contributed by atoms with Crippen molar-refractivity contribution in [2.75, 3.05) is 6.54 Å². The molecule has 17 heavy (non-hydrogen) atoms. The summed E-state index contributed by atoms with van der Waals surface area (Å²) >= 11 is 0. The lowest BCUT2D eigenvalue weighted by Gasteiger charge is -2.08. The third-order valence-electron chi connectivity index (χ3n) is 2.75. The molecule has 0 bridgehead atoms. The molecule has 0 aromatic heterocycles. The second-order valence-electron chi connectivity index (χ2n) is 4.19. The molecule has 0 radical (unpaired) electrons. The molecule has 3 nitrogen and oxygen atoms in total. The van der Waals surface area contributed by atoms with Crippen LogP contribution in [0, 0.1) is 0 Å². The normalized spacial score (nSPS) is 12.1. The number of carbonyl (C=O) groups is 1. The Kier molecular flexibility index (Phi) is 6.33. The van der Waals surface area contributed by atoms with Gasteiger partial charge in [0.25, 0.3) is 0 Å². The molecule has 0 saturated heterocycles. The minimum Gasteiger partial charge on any atom is -0.393 e. The maximum atomic E-state index is 11.4. The number of benzene rings is 1. The van der Waals surface area contributed by atoms with Gasteiger partial charge in [-0.3, -0.25) is 4.79 Å². The van der Waals surface area contributed by atoms with E-state index in [1.807, 2.05) is 37.3 Å². The first-order valence-corrected chi connectivity index (χ1v) is 6.21. The van der Waals surface area contributed by atoms with E-state index in [9.17, 15) is 9.90 Å². The number of hydrogen-bond donors (Lipinski definition) is 2. The number of nitrogens with one attached hydrogen (secondary N) is 1. The zero-order valence-electron chi connectivity index (χ0n) is 10.4. The van der Waals surface area contributed by atoms with Gasteiger partial charge in [0.2, 0.25) is 5.91 Å². The Morgan fingerprint density at radius 1 is 1.35 bits per heavy atom. The smallest absolute Gasteiger partial charge is 0.220 e. The van der Waals surface area contributed by atoms with Crippen molar-refractivity contribution in [2.24, 2.45) is 0 Å². The maximum absolute atomic E-state index is 11.4. The van der Waals surface area contributed by atoms with Gasteiger partial charge in [0, 0.05) is 13.0 Å². The molecule has 1 atom stereocenters. The van der Waals surface area contributed by atoms with E-state index in [4.69, 9.17) is 0 Å². The molecular weight excluding hydrogens is 214 g/mol. The zero-order chi connectivity index (χ0) is 12.5. The molecule has 1 rings (SSSR count). The minimum absolute atomic E-state index is 0.0217. The Balaban J connectivity index is 2.12. The van der Waals surface area contributed by atoms with Crippen molar-refractivity contribution < 1.29 is 9.90 Å². The molecular formula is C14H21NO2. The van der Waals surface area contributed by atoms with E-state index in [0.29, 0.717) is 25.8 Å². The SMILES string of the molecule is CCC(O)CCC(=O)NCCc1ccccc1. The van der Waals surface area contributed by atoms with Gasteiger partial charge in [0.1, 0.15) is 0 Å². The van der Waals surface area contributed by atoms with Crippen LogP contribution in [-0.2, 0) is 11.2 Å². The third-order valence-corrected chi connectivity index (χ3v) is 2.75. The van der Waals surface area contributed by atoms with E-state index < -0.39 is 0 Å². The quantitative estimate of drug-likeness (QED) is 0.758. The first kappa shape index (κ1) is 13.7. The van der Waals surface area contributed by atoms with Gasteiger partial charge in [-0.25, -0.2) is 0 Å². The monoisotopic (exact) mass is 235 g/mol. The van der Waals surface area contributed by atoms with Gasteiger partial charge < -0.3 is 10.4 Å². The van der Waals surface area contributed by atoms with E-state index in [-0.39, 0.29) is 12.0 Å². The van der Waals surface area contributed by atoms with E-state index in [1.165, 1.54) is 5.56 Å². The fourth-order valence-electron chi connectivity index (χ4n) is 1.58. The number of carbonyl (C=O) groups excluding carboxylic acids is 1. The van der Waals surface area contributed by atoms with Crippen LogP contribution in [0.2, 0.25) is 0 Å². The van der Waals surface area contributed by atoms with Crippen LogP contribution in [-0.4, -0.2) is 23.7 Å². The average molecular weight is 235 g/mol. The predicted molar refractivity (Wildman–Crippen MR) is 68.7 cm³/mol. The van der Waals surface area contributed by atoms with Crippen molar-refractivity contribution in [3.63, 3.8) is 0 Å². The van der Waals surface area contributed by atoms with Crippen LogP contribution >= 0.6 is 0 Å². The molecule has 1 unspecified atom stereocenters. The summed E-state index contributed by atoms with van der Waals surface area (Å²) in [4.78, 5) is 11.4. The summed E-state index contributed by atoms with van der Waals surface area (Å²) in [5.74, 6) is 0.0217. The number of rotatable bonds is 7. The van der Waals surface area contributed by atoms with Crippen LogP contribution in [0.1, 0.15) is 31.7 Å². The number of aliphatic hydroxyl groups excluding tert-OH is 1. The molecule has 1 aromatic rings. The Bertz CT molecular complexity index is 324. The predicted octanol–water partition coefficient (Wildman–Crippen LogP) is 1.90. The van der Waals surface area contributed by atoms with E-state index >= 15 is 0 Å². The van der Waals surface area contributed by atoms with Crippen LogP contribution in [0.3, 0.4) is 0 Å². The molecule has 0 spiro atoms. The van der Waals surface area contributed by atoms with Gasteiger partial charge in [-0.05, 0) is 24.8 Å². The first-order valence-electron chi connectivity index (χ1n) is 6.21. The van der Waals surface area contributed by atoms with E-state index in [0.717, 1.165) is 6.42 Å². The van der Waals surface area contributed by atoms with Gasteiger partial charge in [-0.15, -0.1) is 0 Å². The summed E-state index contributed by atoms with van der Waals surface area (Å²) in [6, 6.07) is 10.1. The van der Waals surface area contributed by atoms with Gasteiger partial charge in [-0.2, -0.15) is 0 Å². The van der Waals surface area contributed by atoms with Crippen molar-refractivity contribution in [2.45, 2.75) is 38.7 Å². The van der Waals surface area contributed by atoms with E-state index in [2.05, 4.69) is 5.32 Å². The lowest BCUT2D eigenvalue weighted by atomic mass is 10.1. The fourth-order valence-corrected chi connectivity index (χ4v) is 1.58. The summed E-state index contributed by atoms with van der Waals surface area (Å²) in [5, 5.41) is 12.2. The van der Waals surface area contributed by atoms with Gasteiger partial charge in [0.15, 0.2) is 0 Å². The minimum atomic E-state index is -0.352. The van der Waals surface area contributed by atoms with Crippen molar-refractivity contribution in [1.29, 1.82) is 0 Å². The first-order chi connectivity index (χ1) is 8.22. The van der Waals surface area contributed by atoms with Gasteiger partial charge >= 0.3 is 0 Å². The van der Waals surface area contributed by atoms with Crippen LogP contribution < -0.4 is 5.32 Å². The summed E-state index contributed by atoms with van der Waals surface area (Å²) in [6.07, 6.45) is 2.16. The third kappa shape index (κ3) is 6.07. The highest BCUT2D eigenvalue weighted by molar-refractivity contribution is 5.75. The highest BCUT2D eigenvalue weighted by atomic mass is 16.3. The van der Waals surface area contributed by atoms with E-state index in [1.54, 1.807) is 0 Å². The molecule has 0 aliphatic heterocycles.